The van der Waals surface area contributed by atoms with E-state index in [0.29, 0.717) is 10.6 Å². The molecule has 0 aromatic heterocycles. The molecular formula is C12H12ClFN2. The van der Waals surface area contributed by atoms with Crippen molar-refractivity contribution >= 4 is 11.6 Å². The van der Waals surface area contributed by atoms with Crippen LogP contribution in [0.4, 0.5) is 4.39 Å². The number of hydrogen-bond acceptors (Lipinski definition) is 2. The predicted octanol–water partition coefficient (Wildman–Crippen LogP) is 3.14. The first-order valence-electron chi connectivity index (χ1n) is 5.31. The molecule has 1 fully saturated rings. The lowest BCUT2D eigenvalue weighted by atomic mass is 10.1. The average molecular weight is 239 g/mol. The molecule has 1 heterocycles. The van der Waals surface area contributed by atoms with Crippen LogP contribution in [0.15, 0.2) is 18.2 Å². The molecule has 1 aliphatic heterocycles. The quantitative estimate of drug-likeness (QED) is 0.792. The minimum atomic E-state index is -0.559. The third-order valence-electron chi connectivity index (χ3n) is 2.90. The van der Waals surface area contributed by atoms with Gasteiger partial charge in [-0.1, -0.05) is 17.7 Å². The SMILES string of the molecule is N#C[C@@H](c1c(F)cccc1Cl)N1CCCC1. The van der Waals surface area contributed by atoms with Gasteiger partial charge in [0.05, 0.1) is 6.07 Å². The molecule has 0 spiro atoms. The summed E-state index contributed by atoms with van der Waals surface area (Å²) in [6.07, 6.45) is 2.12. The summed E-state index contributed by atoms with van der Waals surface area (Å²) in [7, 11) is 0. The van der Waals surface area contributed by atoms with Crippen molar-refractivity contribution in [1.29, 1.82) is 5.26 Å². The molecule has 1 saturated heterocycles. The molecule has 1 aromatic carbocycles. The summed E-state index contributed by atoms with van der Waals surface area (Å²) in [5.74, 6) is -0.397. The Morgan fingerprint density at radius 3 is 2.62 bits per heavy atom. The Morgan fingerprint density at radius 1 is 1.38 bits per heavy atom. The van der Waals surface area contributed by atoms with Crippen LogP contribution in [0, 0.1) is 17.1 Å². The normalized spacial score (nSPS) is 18.3. The summed E-state index contributed by atoms with van der Waals surface area (Å²) >= 11 is 5.96. The molecule has 16 heavy (non-hydrogen) atoms. The highest BCUT2D eigenvalue weighted by Crippen LogP contribution is 2.31. The van der Waals surface area contributed by atoms with Crippen molar-refractivity contribution < 1.29 is 4.39 Å². The van der Waals surface area contributed by atoms with E-state index in [-0.39, 0.29) is 0 Å². The number of nitriles is 1. The van der Waals surface area contributed by atoms with Gasteiger partial charge in [0, 0.05) is 10.6 Å². The maximum Gasteiger partial charge on any atom is 0.130 e. The van der Waals surface area contributed by atoms with Crippen LogP contribution in [0.3, 0.4) is 0 Å². The molecule has 1 atom stereocenters. The summed E-state index contributed by atoms with van der Waals surface area (Å²) < 4.78 is 13.7. The van der Waals surface area contributed by atoms with Gasteiger partial charge in [-0.05, 0) is 38.1 Å². The predicted molar refractivity (Wildman–Crippen MR) is 60.6 cm³/mol. The molecule has 1 aliphatic rings. The van der Waals surface area contributed by atoms with Crippen molar-refractivity contribution in [1.82, 2.24) is 4.90 Å². The maximum absolute atomic E-state index is 13.7. The Morgan fingerprint density at radius 2 is 2.06 bits per heavy atom. The van der Waals surface area contributed by atoms with Gasteiger partial charge in [-0.3, -0.25) is 4.90 Å². The van der Waals surface area contributed by atoms with Gasteiger partial charge in [0.15, 0.2) is 0 Å². The first kappa shape index (κ1) is 11.4. The fourth-order valence-corrected chi connectivity index (χ4v) is 2.37. The van der Waals surface area contributed by atoms with Crippen molar-refractivity contribution in [2.75, 3.05) is 13.1 Å². The van der Waals surface area contributed by atoms with Gasteiger partial charge in [-0.25, -0.2) is 4.39 Å². The molecule has 84 valence electrons. The molecule has 2 nitrogen and oxygen atoms in total. The molecule has 0 radical (unpaired) electrons. The highest BCUT2D eigenvalue weighted by molar-refractivity contribution is 6.31. The van der Waals surface area contributed by atoms with Crippen LogP contribution < -0.4 is 0 Å². The summed E-state index contributed by atoms with van der Waals surface area (Å²) in [6.45, 7) is 1.67. The topological polar surface area (TPSA) is 27.0 Å². The van der Waals surface area contributed by atoms with Crippen molar-refractivity contribution in [3.63, 3.8) is 0 Å². The summed E-state index contributed by atoms with van der Waals surface area (Å²) in [6, 6.07) is 6.11. The lowest BCUT2D eigenvalue weighted by Crippen LogP contribution is -2.25. The number of rotatable bonds is 2. The Kier molecular flexibility index (Phi) is 3.42. The van der Waals surface area contributed by atoms with Gasteiger partial charge in [-0.2, -0.15) is 5.26 Å². The third kappa shape index (κ3) is 2.04. The summed E-state index contributed by atoms with van der Waals surface area (Å²) in [5.41, 5.74) is 0.313. The smallest absolute Gasteiger partial charge is 0.130 e. The zero-order valence-corrected chi connectivity index (χ0v) is 9.54. The molecule has 0 unspecified atom stereocenters. The molecule has 0 N–H and O–H groups in total. The van der Waals surface area contributed by atoms with E-state index in [2.05, 4.69) is 6.07 Å². The zero-order valence-electron chi connectivity index (χ0n) is 8.79. The standard InChI is InChI=1S/C12H12ClFN2/c13-9-4-3-5-10(14)12(9)11(8-15)16-6-1-2-7-16/h3-5,11H,1-2,6-7H2/t11-/m0/s1. The van der Waals surface area contributed by atoms with Crippen LogP contribution in [0.1, 0.15) is 24.4 Å². The number of halogens is 2. The van der Waals surface area contributed by atoms with Crippen molar-refractivity contribution in [3.05, 3.63) is 34.6 Å². The Hall–Kier alpha value is -1.11. The van der Waals surface area contributed by atoms with E-state index >= 15 is 0 Å². The third-order valence-corrected chi connectivity index (χ3v) is 3.23. The summed E-state index contributed by atoms with van der Waals surface area (Å²) in [5, 5.41) is 9.50. The number of hydrogen-bond donors (Lipinski definition) is 0. The second-order valence-electron chi connectivity index (χ2n) is 3.91. The molecule has 1 aromatic rings. The van der Waals surface area contributed by atoms with Crippen LogP contribution >= 0.6 is 11.6 Å². The zero-order chi connectivity index (χ0) is 11.5. The molecule has 0 bridgehead atoms. The van der Waals surface area contributed by atoms with Gasteiger partial charge in [0.2, 0.25) is 0 Å². The molecular weight excluding hydrogens is 227 g/mol. The fraction of sp³-hybridized carbons (Fsp3) is 0.417. The number of benzene rings is 1. The van der Waals surface area contributed by atoms with Crippen LogP contribution in [-0.2, 0) is 0 Å². The highest BCUT2D eigenvalue weighted by Gasteiger charge is 2.27. The molecule has 0 aliphatic carbocycles. The first-order valence-corrected chi connectivity index (χ1v) is 5.69. The maximum atomic E-state index is 13.7. The van der Waals surface area contributed by atoms with E-state index in [1.54, 1.807) is 12.1 Å². The lowest BCUT2D eigenvalue weighted by Gasteiger charge is -2.22. The number of likely N-dealkylation sites (tertiary alicyclic amines) is 1. The largest absolute Gasteiger partial charge is 0.284 e. The van der Waals surface area contributed by atoms with Crippen LogP contribution in [0.2, 0.25) is 5.02 Å². The minimum absolute atomic E-state index is 0.313. The van der Waals surface area contributed by atoms with Gasteiger partial charge in [-0.15, -0.1) is 0 Å². The van der Waals surface area contributed by atoms with Gasteiger partial charge in [0.25, 0.3) is 0 Å². The average Bonchev–Trinajstić information content (AvgIpc) is 2.77. The highest BCUT2D eigenvalue weighted by atomic mass is 35.5. The molecule has 4 heteroatoms. The van der Waals surface area contributed by atoms with E-state index in [1.165, 1.54) is 6.07 Å². The molecule has 2 rings (SSSR count). The van der Waals surface area contributed by atoms with E-state index in [9.17, 15) is 9.65 Å². The monoisotopic (exact) mass is 238 g/mol. The van der Waals surface area contributed by atoms with E-state index in [1.807, 2.05) is 4.90 Å². The van der Waals surface area contributed by atoms with E-state index in [4.69, 9.17) is 11.6 Å². The molecule has 0 amide bonds. The van der Waals surface area contributed by atoms with Crippen LogP contribution in [0.25, 0.3) is 0 Å². The Bertz CT molecular complexity index is 401. The molecule has 0 saturated carbocycles. The van der Waals surface area contributed by atoms with Crippen molar-refractivity contribution in [2.24, 2.45) is 0 Å². The summed E-state index contributed by atoms with van der Waals surface area (Å²) in [4.78, 5) is 1.98. The Balaban J connectivity index is 2.37. The van der Waals surface area contributed by atoms with Gasteiger partial charge in [0.1, 0.15) is 11.9 Å². The number of nitrogens with zero attached hydrogens (tertiary/aromatic N) is 2. The van der Waals surface area contributed by atoms with Crippen molar-refractivity contribution in [3.8, 4) is 6.07 Å². The van der Waals surface area contributed by atoms with Crippen molar-refractivity contribution in [2.45, 2.75) is 18.9 Å². The van der Waals surface area contributed by atoms with Gasteiger partial charge < -0.3 is 0 Å². The fourth-order valence-electron chi connectivity index (χ4n) is 2.10. The van der Waals surface area contributed by atoms with E-state index < -0.39 is 11.9 Å². The Labute approximate surface area is 99.2 Å². The van der Waals surface area contributed by atoms with Crippen LogP contribution in [-0.4, -0.2) is 18.0 Å². The first-order chi connectivity index (χ1) is 7.74. The second kappa shape index (κ2) is 4.82. The van der Waals surface area contributed by atoms with E-state index in [0.717, 1.165) is 25.9 Å². The second-order valence-corrected chi connectivity index (χ2v) is 4.32. The van der Waals surface area contributed by atoms with Gasteiger partial charge >= 0.3 is 0 Å². The minimum Gasteiger partial charge on any atom is -0.284 e. The lowest BCUT2D eigenvalue weighted by molar-refractivity contribution is 0.288. The van der Waals surface area contributed by atoms with Crippen LogP contribution in [0.5, 0.6) is 0 Å².